The molecule has 1 aliphatic rings. The Hall–Kier alpha value is -1.96. The molecule has 0 unspecified atom stereocenters. The molecule has 1 N–H and O–H groups in total. The number of aryl methyl sites for hydroxylation is 1. The van der Waals surface area contributed by atoms with Gasteiger partial charge in [0, 0.05) is 4.88 Å². The third-order valence-electron chi connectivity index (χ3n) is 3.10. The summed E-state index contributed by atoms with van der Waals surface area (Å²) in [4.78, 5) is 12.4. The molecular weight excluding hydrogens is 280 g/mol. The zero-order valence-corrected chi connectivity index (χ0v) is 11.8. The van der Waals surface area contributed by atoms with Crippen LogP contribution in [0.3, 0.4) is 0 Å². The number of nitrogens with zero attached hydrogens (tertiary/aromatic N) is 4. The summed E-state index contributed by atoms with van der Waals surface area (Å²) in [7, 11) is 0. The number of thiophene rings is 1. The zero-order valence-electron chi connectivity index (χ0n) is 10.9. The Kier molecular flexibility index (Phi) is 3.39. The number of carbonyl (C=O) groups is 1. The monoisotopic (exact) mass is 294 g/mol. The predicted octanol–water partition coefficient (Wildman–Crippen LogP) is 1.91. The van der Waals surface area contributed by atoms with Gasteiger partial charge < -0.3 is 9.84 Å². The van der Waals surface area contributed by atoms with Crippen molar-refractivity contribution in [2.75, 3.05) is 0 Å². The first-order chi connectivity index (χ1) is 9.69. The van der Waals surface area contributed by atoms with Crippen LogP contribution in [0.5, 0.6) is 5.75 Å². The van der Waals surface area contributed by atoms with Crippen LogP contribution in [0, 0.1) is 0 Å². The van der Waals surface area contributed by atoms with Gasteiger partial charge >= 0.3 is 5.97 Å². The molecule has 0 bridgehead atoms. The Morgan fingerprint density at radius 3 is 3.05 bits per heavy atom. The van der Waals surface area contributed by atoms with Gasteiger partial charge in [-0.1, -0.05) is 6.92 Å². The minimum atomic E-state index is -0.966. The summed E-state index contributed by atoms with van der Waals surface area (Å²) < 4.78 is 7.37. The van der Waals surface area contributed by atoms with E-state index in [1.54, 1.807) is 10.7 Å². The summed E-state index contributed by atoms with van der Waals surface area (Å²) in [6.07, 6.45) is 2.95. The van der Waals surface area contributed by atoms with Crippen molar-refractivity contribution in [3.05, 3.63) is 21.6 Å². The van der Waals surface area contributed by atoms with E-state index in [1.165, 1.54) is 11.3 Å². The molecule has 0 amide bonds. The number of carboxylic acids is 1. The molecule has 3 rings (SSSR count). The molecule has 2 aromatic heterocycles. The van der Waals surface area contributed by atoms with E-state index >= 15 is 0 Å². The van der Waals surface area contributed by atoms with Crippen LogP contribution in [0.1, 0.15) is 46.2 Å². The maximum Gasteiger partial charge on any atom is 0.349 e. The molecule has 0 spiro atoms. The Labute approximate surface area is 119 Å². The molecule has 106 valence electrons. The second-order valence-corrected chi connectivity index (χ2v) is 5.76. The Morgan fingerprint density at radius 1 is 1.60 bits per heavy atom. The predicted molar refractivity (Wildman–Crippen MR) is 71.1 cm³/mol. The molecule has 0 saturated heterocycles. The van der Waals surface area contributed by atoms with E-state index < -0.39 is 5.97 Å². The molecule has 20 heavy (non-hydrogen) atoms. The van der Waals surface area contributed by atoms with E-state index in [9.17, 15) is 4.79 Å². The van der Waals surface area contributed by atoms with E-state index in [-0.39, 0.29) is 11.5 Å². The molecule has 1 fully saturated rings. The number of tetrazole rings is 1. The molecule has 1 aliphatic carbocycles. The van der Waals surface area contributed by atoms with E-state index in [2.05, 4.69) is 15.5 Å². The van der Waals surface area contributed by atoms with E-state index in [4.69, 9.17) is 9.84 Å². The second kappa shape index (κ2) is 5.20. The first kappa shape index (κ1) is 13.0. The van der Waals surface area contributed by atoms with Gasteiger partial charge in [-0.05, 0) is 35.8 Å². The van der Waals surface area contributed by atoms with Gasteiger partial charge in [0.25, 0.3) is 0 Å². The molecular formula is C12H14N4O3S. The molecule has 0 aliphatic heterocycles. The number of aromatic nitrogens is 4. The van der Waals surface area contributed by atoms with Crippen molar-refractivity contribution in [3.63, 3.8) is 0 Å². The Morgan fingerprint density at radius 2 is 2.40 bits per heavy atom. The summed E-state index contributed by atoms with van der Waals surface area (Å²) in [6, 6.07) is 2.15. The lowest BCUT2D eigenvalue weighted by atomic mass is 10.3. The van der Waals surface area contributed by atoms with Gasteiger partial charge in [0.05, 0.1) is 6.04 Å². The third kappa shape index (κ3) is 2.51. The van der Waals surface area contributed by atoms with E-state index in [0.29, 0.717) is 17.6 Å². The van der Waals surface area contributed by atoms with Crippen molar-refractivity contribution >= 4 is 17.3 Å². The van der Waals surface area contributed by atoms with Crippen molar-refractivity contribution in [3.8, 4) is 5.75 Å². The van der Waals surface area contributed by atoms with Crippen molar-refractivity contribution in [2.45, 2.75) is 38.8 Å². The average Bonchev–Trinajstić information content (AvgIpc) is 3.02. The van der Waals surface area contributed by atoms with Crippen LogP contribution >= 0.6 is 11.3 Å². The number of rotatable bonds is 6. The second-order valence-electron chi connectivity index (χ2n) is 4.62. The number of ether oxygens (including phenoxy) is 1. The Balaban J connectivity index is 1.75. The van der Waals surface area contributed by atoms with E-state index in [0.717, 1.165) is 24.1 Å². The topological polar surface area (TPSA) is 90.1 Å². The average molecular weight is 294 g/mol. The van der Waals surface area contributed by atoms with Gasteiger partial charge in [-0.3, -0.25) is 0 Å². The van der Waals surface area contributed by atoms with Crippen LogP contribution in [0.2, 0.25) is 0 Å². The highest BCUT2D eigenvalue weighted by Gasteiger charge is 2.28. The van der Waals surface area contributed by atoms with E-state index in [1.807, 2.05) is 6.92 Å². The lowest BCUT2D eigenvalue weighted by Crippen LogP contribution is -2.08. The first-order valence-corrected chi connectivity index (χ1v) is 7.26. The number of carboxylic acid groups (broad SMARTS) is 1. The summed E-state index contributed by atoms with van der Waals surface area (Å²) >= 11 is 1.24. The van der Waals surface area contributed by atoms with Gasteiger partial charge in [-0.15, -0.1) is 16.4 Å². The number of hydrogen-bond acceptors (Lipinski definition) is 6. The molecule has 2 aromatic rings. The minimum Gasteiger partial charge on any atom is -0.484 e. The minimum absolute atomic E-state index is 0.184. The largest absolute Gasteiger partial charge is 0.484 e. The summed E-state index contributed by atoms with van der Waals surface area (Å²) in [6.45, 7) is 2.17. The highest BCUT2D eigenvalue weighted by Crippen LogP contribution is 2.35. The van der Waals surface area contributed by atoms with Gasteiger partial charge in [-0.25, -0.2) is 9.48 Å². The molecule has 0 radical (unpaired) electrons. The third-order valence-corrected chi connectivity index (χ3v) is 4.35. The molecule has 0 atom stereocenters. The highest BCUT2D eigenvalue weighted by atomic mass is 32.1. The SMILES string of the molecule is CCc1cc(OCc2nnnn2C2CC2)c(C(=O)O)s1. The lowest BCUT2D eigenvalue weighted by molar-refractivity contribution is 0.0697. The van der Waals surface area contributed by atoms with Crippen molar-refractivity contribution in [1.29, 1.82) is 0 Å². The molecule has 0 aromatic carbocycles. The van der Waals surface area contributed by atoms with Crippen LogP contribution in [0.4, 0.5) is 0 Å². The molecule has 2 heterocycles. The summed E-state index contributed by atoms with van der Waals surface area (Å²) in [5, 5.41) is 20.7. The number of aromatic carboxylic acids is 1. The zero-order chi connectivity index (χ0) is 14.1. The van der Waals surface area contributed by atoms with Crippen LogP contribution in [0.25, 0.3) is 0 Å². The van der Waals surface area contributed by atoms with Crippen LogP contribution < -0.4 is 4.74 Å². The van der Waals surface area contributed by atoms with Crippen LogP contribution in [-0.4, -0.2) is 31.3 Å². The quantitative estimate of drug-likeness (QED) is 0.875. The van der Waals surface area contributed by atoms with Crippen LogP contribution in [0.15, 0.2) is 6.07 Å². The summed E-state index contributed by atoms with van der Waals surface area (Å²) in [5.74, 6) is 0.0595. The van der Waals surface area contributed by atoms with Gasteiger partial charge in [0.1, 0.15) is 12.4 Å². The van der Waals surface area contributed by atoms with Crippen molar-refractivity contribution < 1.29 is 14.6 Å². The molecule has 8 heteroatoms. The number of hydrogen-bond donors (Lipinski definition) is 1. The Bertz CT molecular complexity index is 632. The van der Waals surface area contributed by atoms with Crippen molar-refractivity contribution in [1.82, 2.24) is 20.2 Å². The van der Waals surface area contributed by atoms with Crippen LogP contribution in [-0.2, 0) is 13.0 Å². The normalized spacial score (nSPS) is 14.4. The molecule has 1 saturated carbocycles. The lowest BCUT2D eigenvalue weighted by Gasteiger charge is -2.05. The maximum atomic E-state index is 11.2. The maximum absolute atomic E-state index is 11.2. The van der Waals surface area contributed by atoms with Gasteiger partial charge in [0.15, 0.2) is 10.7 Å². The smallest absolute Gasteiger partial charge is 0.349 e. The standard InChI is InChI=1S/C12H14N4O3S/c1-2-8-5-9(11(20-8)12(17)18)19-6-10-13-14-15-16(10)7-3-4-7/h5,7H,2-4,6H2,1H3,(H,17,18). The first-order valence-electron chi connectivity index (χ1n) is 6.44. The fourth-order valence-electron chi connectivity index (χ4n) is 1.91. The summed E-state index contributed by atoms with van der Waals surface area (Å²) in [5.41, 5.74) is 0. The highest BCUT2D eigenvalue weighted by molar-refractivity contribution is 7.14. The van der Waals surface area contributed by atoms with Crippen molar-refractivity contribution in [2.24, 2.45) is 0 Å². The molecule has 7 nitrogen and oxygen atoms in total. The fourth-order valence-corrected chi connectivity index (χ4v) is 2.78. The van der Waals surface area contributed by atoms with Gasteiger partial charge in [-0.2, -0.15) is 0 Å². The van der Waals surface area contributed by atoms with Gasteiger partial charge in [0.2, 0.25) is 0 Å². The fraction of sp³-hybridized carbons (Fsp3) is 0.500.